The van der Waals surface area contributed by atoms with Crippen molar-refractivity contribution in [3.05, 3.63) is 66.5 Å². The molecule has 8 heteroatoms. The van der Waals surface area contributed by atoms with E-state index in [0.717, 1.165) is 22.1 Å². The highest BCUT2D eigenvalue weighted by molar-refractivity contribution is 5.95. The number of pyridine rings is 1. The van der Waals surface area contributed by atoms with Gasteiger partial charge < -0.3 is 14.8 Å². The number of imide groups is 1. The number of aromatic nitrogens is 1. The second kappa shape index (κ2) is 15.5. The van der Waals surface area contributed by atoms with Gasteiger partial charge in [0.2, 0.25) is 5.91 Å². The molecule has 4 rings (SSSR count). The van der Waals surface area contributed by atoms with E-state index in [0.29, 0.717) is 25.6 Å². The minimum absolute atomic E-state index is 0.170. The normalized spacial score (nSPS) is 15.8. The number of urea groups is 1. The van der Waals surface area contributed by atoms with Crippen LogP contribution in [0.2, 0.25) is 0 Å². The Morgan fingerprint density at radius 1 is 1.11 bits per heavy atom. The summed E-state index contributed by atoms with van der Waals surface area (Å²) in [7, 11) is 3.39. The molecule has 1 aliphatic heterocycles. The van der Waals surface area contributed by atoms with Gasteiger partial charge in [-0.15, -0.1) is 0 Å². The fourth-order valence-electron chi connectivity index (χ4n) is 3.58. The van der Waals surface area contributed by atoms with E-state index in [2.05, 4.69) is 10.3 Å². The van der Waals surface area contributed by atoms with Crippen molar-refractivity contribution in [1.82, 2.24) is 20.3 Å². The number of ether oxygens (including phenoxy) is 2. The van der Waals surface area contributed by atoms with Crippen molar-refractivity contribution in [3.8, 4) is 11.5 Å². The molecule has 0 atom stereocenters. The van der Waals surface area contributed by atoms with E-state index in [1.54, 1.807) is 37.6 Å². The lowest BCUT2D eigenvalue weighted by Gasteiger charge is -2.22. The van der Waals surface area contributed by atoms with Gasteiger partial charge in [-0.2, -0.15) is 5.01 Å². The molecule has 0 radical (unpaired) electrons. The fraction of sp³-hybridized carbons (Fsp3) is 0.444. The Hall–Kier alpha value is -3.39. The standard InChI is InChI=1S/C12H16O2.C11H14N4O2.C4H8/c1-13-11-8-4-5-9-12(11)14-10-6-2-3-7-10;1-14-6-4-10(16)15(14)11(17)13-8-9-3-2-5-12-7-9;1-3-4-2/h4-5,8-10H,2-3,6-7H2,1H3;2-3,5,7H,4,6,8H2,1H3,(H,13,17);3-4H,1-2H3/b;;4-3-. The summed E-state index contributed by atoms with van der Waals surface area (Å²) >= 11 is 0. The van der Waals surface area contributed by atoms with Gasteiger partial charge in [0.1, 0.15) is 0 Å². The molecule has 1 N–H and O–H groups in total. The molecule has 0 spiro atoms. The maximum Gasteiger partial charge on any atom is 0.339 e. The summed E-state index contributed by atoms with van der Waals surface area (Å²) in [6.07, 6.45) is 13.1. The van der Waals surface area contributed by atoms with E-state index in [1.165, 1.54) is 25.7 Å². The van der Waals surface area contributed by atoms with Gasteiger partial charge in [-0.05, 0) is 63.3 Å². The molecule has 1 saturated carbocycles. The van der Waals surface area contributed by atoms with Gasteiger partial charge in [-0.25, -0.2) is 9.80 Å². The second-order valence-electron chi connectivity index (χ2n) is 8.20. The summed E-state index contributed by atoms with van der Waals surface area (Å²) in [6.45, 7) is 4.95. The van der Waals surface area contributed by atoms with Crippen molar-refractivity contribution in [2.45, 2.75) is 58.6 Å². The van der Waals surface area contributed by atoms with Crippen LogP contribution in [0.5, 0.6) is 11.5 Å². The molecule has 190 valence electrons. The topological polar surface area (TPSA) is 84.0 Å². The van der Waals surface area contributed by atoms with Crippen LogP contribution in [0.1, 0.15) is 51.5 Å². The number of methoxy groups -OCH3 is 1. The monoisotopic (exact) mass is 482 g/mol. The van der Waals surface area contributed by atoms with Gasteiger partial charge in [0.15, 0.2) is 11.5 Å². The number of hydrazine groups is 1. The van der Waals surface area contributed by atoms with E-state index >= 15 is 0 Å². The Morgan fingerprint density at radius 2 is 1.80 bits per heavy atom. The highest BCUT2D eigenvalue weighted by Gasteiger charge is 2.31. The summed E-state index contributed by atoms with van der Waals surface area (Å²) < 4.78 is 11.1. The Bertz CT molecular complexity index is 926. The number of allylic oxidation sites excluding steroid dienone is 2. The Kier molecular flexibility index (Phi) is 12.3. The van der Waals surface area contributed by atoms with E-state index < -0.39 is 0 Å². The van der Waals surface area contributed by atoms with Crippen LogP contribution in [0.25, 0.3) is 0 Å². The molecule has 2 heterocycles. The summed E-state index contributed by atoms with van der Waals surface area (Å²) in [4.78, 5) is 27.2. The third-order valence-electron chi connectivity index (χ3n) is 5.58. The molecule has 0 bridgehead atoms. The lowest BCUT2D eigenvalue weighted by Crippen LogP contribution is -2.46. The number of amides is 3. The average molecular weight is 483 g/mol. The predicted molar refractivity (Wildman–Crippen MR) is 137 cm³/mol. The van der Waals surface area contributed by atoms with Crippen molar-refractivity contribution in [1.29, 1.82) is 0 Å². The predicted octanol–water partition coefficient (Wildman–Crippen LogP) is 4.97. The summed E-state index contributed by atoms with van der Waals surface area (Å²) in [5, 5.41) is 5.43. The van der Waals surface area contributed by atoms with E-state index in [-0.39, 0.29) is 11.9 Å². The average Bonchev–Trinajstić information content (AvgIpc) is 3.53. The van der Waals surface area contributed by atoms with Gasteiger partial charge in [0.05, 0.1) is 13.2 Å². The molecule has 35 heavy (non-hydrogen) atoms. The number of hydrogen-bond acceptors (Lipinski definition) is 6. The smallest absolute Gasteiger partial charge is 0.339 e. The van der Waals surface area contributed by atoms with Crippen LogP contribution in [0.4, 0.5) is 4.79 Å². The first-order valence-electron chi connectivity index (χ1n) is 12.1. The molecule has 0 unspecified atom stereocenters. The SMILES string of the molecule is C/C=C\C.CN1CCC(=O)N1C(=O)NCc1cccnc1.COc1ccccc1OC1CCCC1. The third kappa shape index (κ3) is 9.41. The van der Waals surface area contributed by atoms with Crippen molar-refractivity contribution in [2.75, 3.05) is 20.7 Å². The third-order valence-corrected chi connectivity index (χ3v) is 5.58. The van der Waals surface area contributed by atoms with E-state index in [4.69, 9.17) is 9.47 Å². The van der Waals surface area contributed by atoms with Crippen molar-refractivity contribution in [2.24, 2.45) is 0 Å². The Balaban J connectivity index is 0.000000217. The van der Waals surface area contributed by atoms with Crippen molar-refractivity contribution >= 4 is 11.9 Å². The minimum atomic E-state index is -0.390. The van der Waals surface area contributed by atoms with Crippen LogP contribution in [0, 0.1) is 0 Å². The first kappa shape index (κ1) is 27.9. The van der Waals surface area contributed by atoms with Crippen LogP contribution >= 0.6 is 0 Å². The van der Waals surface area contributed by atoms with Crippen LogP contribution in [-0.2, 0) is 11.3 Å². The maximum absolute atomic E-state index is 11.8. The lowest BCUT2D eigenvalue weighted by molar-refractivity contribution is -0.131. The number of benzene rings is 1. The first-order chi connectivity index (χ1) is 17.0. The summed E-state index contributed by atoms with van der Waals surface area (Å²) in [5.41, 5.74) is 0.898. The molecule has 1 aromatic heterocycles. The zero-order valence-electron chi connectivity index (χ0n) is 21.3. The van der Waals surface area contributed by atoms with Crippen LogP contribution in [0.3, 0.4) is 0 Å². The van der Waals surface area contributed by atoms with Gasteiger partial charge in [-0.3, -0.25) is 9.78 Å². The quantitative estimate of drug-likeness (QED) is 0.606. The number of hydrogen-bond donors (Lipinski definition) is 1. The second-order valence-corrected chi connectivity index (χ2v) is 8.20. The molecule has 2 aromatic rings. The number of carbonyl (C=O) groups is 2. The van der Waals surface area contributed by atoms with Crippen LogP contribution in [0.15, 0.2) is 60.9 Å². The molecule has 2 fully saturated rings. The number of carbonyl (C=O) groups excluding carboxylic acids is 2. The highest BCUT2D eigenvalue weighted by Crippen LogP contribution is 2.30. The maximum atomic E-state index is 11.8. The van der Waals surface area contributed by atoms with Gasteiger partial charge in [0.25, 0.3) is 0 Å². The molecule has 1 aromatic carbocycles. The Morgan fingerprint density at radius 3 is 2.34 bits per heavy atom. The molecule has 8 nitrogen and oxygen atoms in total. The molecule has 3 amide bonds. The first-order valence-corrected chi connectivity index (χ1v) is 12.1. The van der Waals surface area contributed by atoms with E-state index in [1.807, 2.05) is 56.3 Å². The van der Waals surface area contributed by atoms with Gasteiger partial charge in [0, 0.05) is 39.0 Å². The molecule has 1 saturated heterocycles. The molecular formula is C27H38N4O4. The lowest BCUT2D eigenvalue weighted by atomic mass is 10.3. The van der Waals surface area contributed by atoms with Gasteiger partial charge in [-0.1, -0.05) is 30.4 Å². The highest BCUT2D eigenvalue weighted by atomic mass is 16.5. The minimum Gasteiger partial charge on any atom is -0.493 e. The largest absolute Gasteiger partial charge is 0.493 e. The fourth-order valence-corrected chi connectivity index (χ4v) is 3.58. The Labute approximate surface area is 208 Å². The van der Waals surface area contributed by atoms with Gasteiger partial charge >= 0.3 is 6.03 Å². The van der Waals surface area contributed by atoms with E-state index in [9.17, 15) is 9.59 Å². The van der Waals surface area contributed by atoms with Crippen molar-refractivity contribution < 1.29 is 19.1 Å². The molecule has 1 aliphatic carbocycles. The molecular weight excluding hydrogens is 444 g/mol. The summed E-state index contributed by atoms with van der Waals surface area (Å²) in [5.74, 6) is 1.54. The zero-order valence-corrected chi connectivity index (χ0v) is 21.3. The number of nitrogens with zero attached hydrogens (tertiary/aromatic N) is 3. The zero-order chi connectivity index (χ0) is 25.5. The number of rotatable bonds is 5. The summed E-state index contributed by atoms with van der Waals surface area (Å²) in [6, 6.07) is 11.1. The van der Waals surface area contributed by atoms with Crippen LogP contribution < -0.4 is 14.8 Å². The van der Waals surface area contributed by atoms with Crippen LogP contribution in [-0.4, -0.2) is 53.7 Å². The number of para-hydroxylation sites is 2. The number of nitrogens with one attached hydrogen (secondary N) is 1. The molecule has 2 aliphatic rings. The van der Waals surface area contributed by atoms with Crippen molar-refractivity contribution in [3.63, 3.8) is 0 Å².